The monoisotopic (exact) mass is 422 g/mol. The molecule has 0 atom stereocenters. The molecule has 0 spiro atoms. The van der Waals surface area contributed by atoms with Crippen LogP contribution in [0, 0.1) is 0 Å². The average Bonchev–Trinajstić information content (AvgIpc) is 2.69. The van der Waals surface area contributed by atoms with Crippen molar-refractivity contribution in [3.63, 3.8) is 0 Å². The summed E-state index contributed by atoms with van der Waals surface area (Å²) < 4.78 is 31.5. The Kier molecular flexibility index (Phi) is 8.35. The maximum absolute atomic E-state index is 12.5. The van der Waals surface area contributed by atoms with Crippen molar-refractivity contribution in [3.05, 3.63) is 54.1 Å². The topological polar surface area (TPSA) is 75.7 Å². The molecule has 152 valence electrons. The molecule has 0 fully saturated rings. The Morgan fingerprint density at radius 3 is 2.18 bits per heavy atom. The molecule has 2 rings (SSSR count). The summed E-state index contributed by atoms with van der Waals surface area (Å²) in [7, 11) is -1.86. The number of anilines is 1. The number of ether oxygens (including phenoxy) is 1. The molecule has 0 aromatic heterocycles. The Balaban J connectivity index is 1.86. The minimum Gasteiger partial charge on any atom is -0.497 e. The van der Waals surface area contributed by atoms with Gasteiger partial charge in [-0.15, -0.1) is 11.8 Å². The van der Waals surface area contributed by atoms with Gasteiger partial charge < -0.3 is 10.1 Å². The van der Waals surface area contributed by atoms with Crippen LogP contribution in [0.2, 0.25) is 0 Å². The summed E-state index contributed by atoms with van der Waals surface area (Å²) in [5, 5.41) is 2.79. The van der Waals surface area contributed by atoms with Gasteiger partial charge in [0.2, 0.25) is 15.9 Å². The van der Waals surface area contributed by atoms with E-state index >= 15 is 0 Å². The number of amides is 1. The van der Waals surface area contributed by atoms with E-state index in [1.165, 1.54) is 28.2 Å². The fraction of sp³-hybridized carbons (Fsp3) is 0.350. The number of benzene rings is 2. The second kappa shape index (κ2) is 10.5. The van der Waals surface area contributed by atoms with Gasteiger partial charge in [0, 0.05) is 24.5 Å². The van der Waals surface area contributed by atoms with Crippen molar-refractivity contribution in [2.24, 2.45) is 0 Å². The zero-order valence-corrected chi connectivity index (χ0v) is 18.0. The summed E-state index contributed by atoms with van der Waals surface area (Å²) in [6.07, 6.45) is 0. The minimum atomic E-state index is -3.49. The number of carbonyl (C=O) groups is 1. The number of nitrogens with one attached hydrogen (secondary N) is 1. The molecule has 8 heteroatoms. The average molecular weight is 423 g/mol. The van der Waals surface area contributed by atoms with Crippen LogP contribution in [-0.4, -0.2) is 44.6 Å². The van der Waals surface area contributed by atoms with Gasteiger partial charge in [-0.05, 0) is 42.0 Å². The summed E-state index contributed by atoms with van der Waals surface area (Å²) in [6.45, 7) is 4.45. The predicted octanol–water partition coefficient (Wildman–Crippen LogP) is 3.60. The van der Waals surface area contributed by atoms with Crippen LogP contribution in [-0.2, 0) is 20.6 Å². The Labute approximate surface area is 171 Å². The van der Waals surface area contributed by atoms with Gasteiger partial charge in [-0.25, -0.2) is 8.42 Å². The molecule has 2 aromatic rings. The maximum Gasteiger partial charge on any atom is 0.243 e. The van der Waals surface area contributed by atoms with Crippen LogP contribution in [0.15, 0.2) is 53.4 Å². The van der Waals surface area contributed by atoms with E-state index in [2.05, 4.69) is 5.32 Å². The number of methoxy groups -OCH3 is 1. The number of hydrogen-bond donors (Lipinski definition) is 1. The summed E-state index contributed by atoms with van der Waals surface area (Å²) in [4.78, 5) is 12.3. The van der Waals surface area contributed by atoms with E-state index in [0.29, 0.717) is 24.5 Å². The highest BCUT2D eigenvalue weighted by molar-refractivity contribution is 7.99. The predicted molar refractivity (Wildman–Crippen MR) is 114 cm³/mol. The molecule has 0 aliphatic carbocycles. The zero-order valence-electron chi connectivity index (χ0n) is 16.3. The highest BCUT2D eigenvalue weighted by Gasteiger charge is 2.21. The van der Waals surface area contributed by atoms with Gasteiger partial charge in [-0.1, -0.05) is 26.0 Å². The molecule has 0 aliphatic heterocycles. The van der Waals surface area contributed by atoms with E-state index in [1.54, 1.807) is 33.1 Å². The lowest BCUT2D eigenvalue weighted by molar-refractivity contribution is -0.113. The van der Waals surface area contributed by atoms with Crippen molar-refractivity contribution in [1.29, 1.82) is 0 Å². The van der Waals surface area contributed by atoms with Crippen molar-refractivity contribution in [2.75, 3.05) is 31.3 Å². The molecule has 1 amide bonds. The normalized spacial score (nSPS) is 11.4. The van der Waals surface area contributed by atoms with Crippen LogP contribution >= 0.6 is 11.8 Å². The van der Waals surface area contributed by atoms with Gasteiger partial charge in [-0.3, -0.25) is 4.79 Å². The van der Waals surface area contributed by atoms with Crippen LogP contribution in [0.3, 0.4) is 0 Å². The van der Waals surface area contributed by atoms with Gasteiger partial charge in [-0.2, -0.15) is 4.31 Å². The van der Waals surface area contributed by atoms with Crippen LogP contribution in [0.5, 0.6) is 5.75 Å². The third kappa shape index (κ3) is 5.98. The lowest BCUT2D eigenvalue weighted by Crippen LogP contribution is -2.30. The van der Waals surface area contributed by atoms with Crippen molar-refractivity contribution < 1.29 is 17.9 Å². The number of carbonyl (C=O) groups excluding carboxylic acids is 1. The van der Waals surface area contributed by atoms with Gasteiger partial charge in [0.15, 0.2) is 0 Å². The van der Waals surface area contributed by atoms with Gasteiger partial charge in [0.25, 0.3) is 0 Å². The zero-order chi connectivity index (χ0) is 20.6. The Hall–Kier alpha value is -2.03. The molecule has 2 aromatic carbocycles. The van der Waals surface area contributed by atoms with E-state index in [0.717, 1.165) is 17.1 Å². The van der Waals surface area contributed by atoms with E-state index in [9.17, 15) is 13.2 Å². The third-order valence-corrected chi connectivity index (χ3v) is 7.21. The molecule has 0 saturated carbocycles. The number of rotatable bonds is 10. The molecular formula is C20H26N2O4S2. The van der Waals surface area contributed by atoms with Gasteiger partial charge >= 0.3 is 0 Å². The summed E-state index contributed by atoms with van der Waals surface area (Å²) in [5.41, 5.74) is 1.69. The summed E-state index contributed by atoms with van der Waals surface area (Å²) >= 11 is 1.51. The Morgan fingerprint density at radius 1 is 1.04 bits per heavy atom. The maximum atomic E-state index is 12.5. The fourth-order valence-electron chi connectivity index (χ4n) is 2.60. The number of hydrogen-bond acceptors (Lipinski definition) is 5. The summed E-state index contributed by atoms with van der Waals surface area (Å²) in [6, 6.07) is 14.0. The highest BCUT2D eigenvalue weighted by Crippen LogP contribution is 2.19. The largest absolute Gasteiger partial charge is 0.497 e. The smallest absolute Gasteiger partial charge is 0.243 e. The number of nitrogens with zero attached hydrogens (tertiary/aromatic N) is 1. The first-order chi connectivity index (χ1) is 13.4. The lowest BCUT2D eigenvalue weighted by Gasteiger charge is -2.18. The molecular weight excluding hydrogens is 396 g/mol. The lowest BCUT2D eigenvalue weighted by atomic mass is 10.2. The van der Waals surface area contributed by atoms with Crippen molar-refractivity contribution in [1.82, 2.24) is 4.31 Å². The van der Waals surface area contributed by atoms with Crippen molar-refractivity contribution >= 4 is 33.4 Å². The first kappa shape index (κ1) is 22.3. The second-order valence-corrected chi connectivity index (χ2v) is 8.93. The minimum absolute atomic E-state index is 0.127. The number of sulfonamides is 1. The SMILES string of the molecule is CCN(CC)S(=O)(=O)c1ccc(NC(=O)CSCc2ccc(OC)cc2)cc1. The summed E-state index contributed by atoms with van der Waals surface area (Å²) in [5.74, 6) is 1.71. The van der Waals surface area contributed by atoms with Crippen molar-refractivity contribution in [2.45, 2.75) is 24.5 Å². The first-order valence-corrected chi connectivity index (χ1v) is 11.6. The molecule has 0 heterocycles. The molecule has 0 radical (unpaired) electrons. The molecule has 0 bridgehead atoms. The highest BCUT2D eigenvalue weighted by atomic mass is 32.2. The van der Waals surface area contributed by atoms with Gasteiger partial charge in [0.1, 0.15) is 5.75 Å². The Bertz CT molecular complexity index is 862. The quantitative estimate of drug-likeness (QED) is 0.633. The Morgan fingerprint density at radius 2 is 1.64 bits per heavy atom. The molecule has 28 heavy (non-hydrogen) atoms. The fourth-order valence-corrected chi connectivity index (χ4v) is 4.85. The van der Waals surface area contributed by atoms with E-state index < -0.39 is 10.0 Å². The number of thioether (sulfide) groups is 1. The van der Waals surface area contributed by atoms with E-state index in [-0.39, 0.29) is 10.8 Å². The van der Waals surface area contributed by atoms with Crippen molar-refractivity contribution in [3.8, 4) is 5.75 Å². The van der Waals surface area contributed by atoms with Crippen LogP contribution in [0.4, 0.5) is 5.69 Å². The molecule has 0 aliphatic rings. The first-order valence-electron chi connectivity index (χ1n) is 9.01. The molecule has 6 nitrogen and oxygen atoms in total. The molecule has 0 saturated heterocycles. The van der Waals surface area contributed by atoms with Gasteiger partial charge in [0.05, 0.1) is 17.8 Å². The van der Waals surface area contributed by atoms with E-state index in [1.807, 2.05) is 24.3 Å². The van der Waals surface area contributed by atoms with Crippen LogP contribution in [0.1, 0.15) is 19.4 Å². The third-order valence-electron chi connectivity index (χ3n) is 4.14. The van der Waals surface area contributed by atoms with Crippen LogP contribution in [0.25, 0.3) is 0 Å². The molecule has 1 N–H and O–H groups in total. The van der Waals surface area contributed by atoms with E-state index in [4.69, 9.17) is 4.74 Å². The second-order valence-electron chi connectivity index (χ2n) is 6.00. The van der Waals surface area contributed by atoms with Crippen LogP contribution < -0.4 is 10.1 Å². The standard InChI is InChI=1S/C20H26N2O4S2/c1-4-22(5-2)28(24,25)19-12-8-17(9-13-19)21-20(23)15-27-14-16-6-10-18(26-3)11-7-16/h6-13H,4-5,14-15H2,1-3H3,(H,21,23). The molecule has 0 unspecified atom stereocenters.